The van der Waals surface area contributed by atoms with Crippen LogP contribution in [-0.4, -0.2) is 18.4 Å². The molecule has 0 saturated carbocycles. The first-order valence-corrected chi connectivity index (χ1v) is 4.78. The molecule has 2 N–H and O–H groups in total. The van der Waals surface area contributed by atoms with Gasteiger partial charge in [-0.3, -0.25) is 9.59 Å². The third-order valence-electron chi connectivity index (χ3n) is 2.22. The molecule has 1 unspecified atom stereocenters. The van der Waals surface area contributed by atoms with Crippen molar-refractivity contribution in [2.75, 3.05) is 4.90 Å². The third kappa shape index (κ3) is 2.56. The van der Waals surface area contributed by atoms with Crippen LogP contribution in [0.4, 0.5) is 5.69 Å². The molecule has 0 aliphatic heterocycles. The van der Waals surface area contributed by atoms with Crippen molar-refractivity contribution in [2.45, 2.75) is 19.4 Å². The summed E-state index contributed by atoms with van der Waals surface area (Å²) in [4.78, 5) is 23.4. The Hall–Kier alpha value is -1.84. The summed E-state index contributed by atoms with van der Waals surface area (Å²) in [5, 5.41) is 0. The Kier molecular flexibility index (Phi) is 3.85. The third-order valence-corrected chi connectivity index (χ3v) is 2.22. The molecule has 15 heavy (non-hydrogen) atoms. The van der Waals surface area contributed by atoms with Crippen molar-refractivity contribution < 1.29 is 9.59 Å². The summed E-state index contributed by atoms with van der Waals surface area (Å²) in [5.74, 6) is -0.492. The minimum Gasteiger partial charge on any atom is -0.368 e. The standard InChI is InChI=1S/C11H14N2O2/c1-2-10(11(12)15)13(8-14)9-6-4-3-5-7-9/h3-8,10H,2H2,1H3,(H2,12,15). The van der Waals surface area contributed by atoms with E-state index in [0.717, 1.165) is 0 Å². The van der Waals surface area contributed by atoms with E-state index in [-0.39, 0.29) is 0 Å². The molecule has 0 saturated heterocycles. The number of carbonyl (C=O) groups is 2. The normalized spacial score (nSPS) is 11.8. The van der Waals surface area contributed by atoms with Gasteiger partial charge in [-0.15, -0.1) is 0 Å². The molecule has 1 aromatic carbocycles. The Morgan fingerprint density at radius 3 is 2.47 bits per heavy atom. The summed E-state index contributed by atoms with van der Waals surface area (Å²) in [7, 11) is 0. The molecule has 0 heterocycles. The lowest BCUT2D eigenvalue weighted by molar-refractivity contribution is -0.121. The van der Waals surface area contributed by atoms with Crippen LogP contribution in [0.3, 0.4) is 0 Å². The molecule has 1 atom stereocenters. The lowest BCUT2D eigenvalue weighted by atomic mass is 10.1. The summed E-state index contributed by atoms with van der Waals surface area (Å²) in [5.41, 5.74) is 5.90. The van der Waals surface area contributed by atoms with E-state index in [2.05, 4.69) is 0 Å². The maximum Gasteiger partial charge on any atom is 0.240 e. The number of hydrogen-bond acceptors (Lipinski definition) is 2. The molecule has 0 radical (unpaired) electrons. The molecule has 1 aromatic rings. The second-order valence-electron chi connectivity index (χ2n) is 3.17. The first-order chi connectivity index (χ1) is 7.20. The molecule has 0 fully saturated rings. The number of benzene rings is 1. The van der Waals surface area contributed by atoms with E-state index in [1.807, 2.05) is 13.0 Å². The van der Waals surface area contributed by atoms with Crippen molar-refractivity contribution in [3.8, 4) is 0 Å². The van der Waals surface area contributed by atoms with Crippen LogP contribution in [0, 0.1) is 0 Å². The Labute approximate surface area is 88.7 Å². The summed E-state index contributed by atoms with van der Waals surface area (Å²) in [6.07, 6.45) is 1.14. The van der Waals surface area contributed by atoms with E-state index in [0.29, 0.717) is 18.5 Å². The van der Waals surface area contributed by atoms with Crippen molar-refractivity contribution in [3.05, 3.63) is 30.3 Å². The number of rotatable bonds is 5. The Morgan fingerprint density at radius 1 is 1.47 bits per heavy atom. The topological polar surface area (TPSA) is 63.4 Å². The molecule has 0 aliphatic carbocycles. The molecular formula is C11H14N2O2. The van der Waals surface area contributed by atoms with Gasteiger partial charge < -0.3 is 10.6 Å². The van der Waals surface area contributed by atoms with Crippen LogP contribution in [0.2, 0.25) is 0 Å². The quantitative estimate of drug-likeness (QED) is 0.728. The summed E-state index contributed by atoms with van der Waals surface area (Å²) in [6, 6.07) is 8.40. The molecule has 4 nitrogen and oxygen atoms in total. The van der Waals surface area contributed by atoms with Crippen LogP contribution in [0.15, 0.2) is 30.3 Å². The maximum atomic E-state index is 11.1. The van der Waals surface area contributed by atoms with Crippen LogP contribution in [0.25, 0.3) is 0 Å². The molecular weight excluding hydrogens is 192 g/mol. The molecule has 2 amide bonds. The van der Waals surface area contributed by atoms with E-state index in [1.54, 1.807) is 24.3 Å². The Bertz CT molecular complexity index is 338. The number of para-hydroxylation sites is 1. The van der Waals surface area contributed by atoms with Gasteiger partial charge in [0.1, 0.15) is 6.04 Å². The van der Waals surface area contributed by atoms with Gasteiger partial charge in [0.15, 0.2) is 0 Å². The van der Waals surface area contributed by atoms with E-state index >= 15 is 0 Å². The first-order valence-electron chi connectivity index (χ1n) is 4.78. The van der Waals surface area contributed by atoms with Gasteiger partial charge in [-0.2, -0.15) is 0 Å². The fraction of sp³-hybridized carbons (Fsp3) is 0.273. The number of anilines is 1. The summed E-state index contributed by atoms with van der Waals surface area (Å²) >= 11 is 0. The predicted octanol–water partition coefficient (Wildman–Crippen LogP) is 0.913. The highest BCUT2D eigenvalue weighted by molar-refractivity contribution is 5.90. The van der Waals surface area contributed by atoms with Gasteiger partial charge >= 0.3 is 0 Å². The average Bonchev–Trinajstić information content (AvgIpc) is 2.26. The number of primary amides is 1. The summed E-state index contributed by atoms with van der Waals surface area (Å²) in [6.45, 7) is 1.81. The highest BCUT2D eigenvalue weighted by Gasteiger charge is 2.21. The molecule has 0 aliphatic rings. The Balaban J connectivity index is 2.97. The number of amides is 2. The number of carbonyl (C=O) groups excluding carboxylic acids is 2. The predicted molar refractivity (Wildman–Crippen MR) is 58.3 cm³/mol. The molecule has 1 rings (SSSR count). The van der Waals surface area contributed by atoms with E-state index < -0.39 is 11.9 Å². The Morgan fingerprint density at radius 2 is 2.07 bits per heavy atom. The van der Waals surface area contributed by atoms with Gasteiger partial charge in [0, 0.05) is 5.69 Å². The van der Waals surface area contributed by atoms with Gasteiger partial charge in [-0.05, 0) is 18.6 Å². The second kappa shape index (κ2) is 5.14. The molecule has 0 bridgehead atoms. The maximum absolute atomic E-state index is 11.1. The zero-order valence-electron chi connectivity index (χ0n) is 8.59. The van der Waals surface area contributed by atoms with Crippen molar-refractivity contribution in [2.24, 2.45) is 5.73 Å². The van der Waals surface area contributed by atoms with E-state index in [1.165, 1.54) is 4.90 Å². The van der Waals surface area contributed by atoms with Crippen LogP contribution < -0.4 is 10.6 Å². The van der Waals surface area contributed by atoms with Gasteiger partial charge in [0.2, 0.25) is 12.3 Å². The average molecular weight is 206 g/mol. The highest BCUT2D eigenvalue weighted by Crippen LogP contribution is 2.15. The zero-order valence-corrected chi connectivity index (χ0v) is 8.59. The van der Waals surface area contributed by atoms with Crippen LogP contribution >= 0.6 is 0 Å². The number of hydrogen-bond donors (Lipinski definition) is 1. The van der Waals surface area contributed by atoms with Crippen LogP contribution in [-0.2, 0) is 9.59 Å². The van der Waals surface area contributed by atoms with E-state index in [9.17, 15) is 9.59 Å². The minimum atomic E-state index is -0.579. The number of nitrogens with zero attached hydrogens (tertiary/aromatic N) is 1. The second-order valence-corrected chi connectivity index (χ2v) is 3.17. The summed E-state index contributed by atoms with van der Waals surface area (Å²) < 4.78 is 0. The van der Waals surface area contributed by atoms with Crippen LogP contribution in [0.1, 0.15) is 13.3 Å². The van der Waals surface area contributed by atoms with Crippen molar-refractivity contribution in [1.82, 2.24) is 0 Å². The van der Waals surface area contributed by atoms with E-state index in [4.69, 9.17) is 5.73 Å². The zero-order chi connectivity index (χ0) is 11.3. The fourth-order valence-electron chi connectivity index (χ4n) is 1.45. The van der Waals surface area contributed by atoms with Crippen molar-refractivity contribution >= 4 is 18.0 Å². The molecule has 0 spiro atoms. The fourth-order valence-corrected chi connectivity index (χ4v) is 1.45. The van der Waals surface area contributed by atoms with Gasteiger partial charge in [0.05, 0.1) is 0 Å². The molecule has 0 aromatic heterocycles. The smallest absolute Gasteiger partial charge is 0.240 e. The first kappa shape index (κ1) is 11.2. The molecule has 80 valence electrons. The van der Waals surface area contributed by atoms with Gasteiger partial charge in [-0.25, -0.2) is 0 Å². The highest BCUT2D eigenvalue weighted by atomic mass is 16.2. The van der Waals surface area contributed by atoms with Gasteiger partial charge in [-0.1, -0.05) is 25.1 Å². The van der Waals surface area contributed by atoms with Crippen molar-refractivity contribution in [3.63, 3.8) is 0 Å². The lowest BCUT2D eigenvalue weighted by Crippen LogP contribution is -2.43. The minimum absolute atomic E-state index is 0.492. The number of nitrogens with two attached hydrogens (primary N) is 1. The lowest BCUT2D eigenvalue weighted by Gasteiger charge is -2.24. The van der Waals surface area contributed by atoms with Crippen LogP contribution in [0.5, 0.6) is 0 Å². The van der Waals surface area contributed by atoms with Crippen molar-refractivity contribution in [1.29, 1.82) is 0 Å². The monoisotopic (exact) mass is 206 g/mol. The molecule has 4 heteroatoms. The largest absolute Gasteiger partial charge is 0.368 e. The van der Waals surface area contributed by atoms with Gasteiger partial charge in [0.25, 0.3) is 0 Å². The SMILES string of the molecule is CCC(C(N)=O)N(C=O)c1ccccc1.